The summed E-state index contributed by atoms with van der Waals surface area (Å²) in [6.07, 6.45) is 1.000. The first-order valence-electron chi connectivity index (χ1n) is 6.93. The van der Waals surface area contributed by atoms with E-state index in [-0.39, 0.29) is 5.91 Å². The van der Waals surface area contributed by atoms with E-state index in [1.807, 2.05) is 31.2 Å². The summed E-state index contributed by atoms with van der Waals surface area (Å²) < 4.78 is 2.08. The summed E-state index contributed by atoms with van der Waals surface area (Å²) in [5.41, 5.74) is 7.48. The molecule has 6 heteroatoms. The monoisotopic (exact) mass is 304 g/mol. The Morgan fingerprint density at radius 2 is 2.10 bits per heavy atom. The third kappa shape index (κ3) is 3.78. The van der Waals surface area contributed by atoms with Crippen LogP contribution in [0.2, 0.25) is 0 Å². The predicted molar refractivity (Wildman–Crippen MR) is 88.1 cm³/mol. The molecule has 1 aromatic carbocycles. The molecule has 5 nitrogen and oxygen atoms in total. The number of imidazole rings is 1. The first-order valence-corrected chi connectivity index (χ1v) is 7.34. The van der Waals surface area contributed by atoms with E-state index in [2.05, 4.69) is 9.55 Å². The van der Waals surface area contributed by atoms with Gasteiger partial charge < -0.3 is 15.2 Å². The third-order valence-corrected chi connectivity index (χ3v) is 3.72. The molecule has 0 aliphatic rings. The van der Waals surface area contributed by atoms with E-state index in [0.717, 1.165) is 16.9 Å². The average Bonchev–Trinajstić information content (AvgIpc) is 2.77. The Morgan fingerprint density at radius 3 is 2.81 bits per heavy atom. The lowest BCUT2D eigenvalue weighted by Gasteiger charge is -2.17. The highest BCUT2D eigenvalue weighted by molar-refractivity contribution is 7.80. The summed E-state index contributed by atoms with van der Waals surface area (Å²) in [6, 6.07) is 7.95. The van der Waals surface area contributed by atoms with Crippen LogP contribution in [0.1, 0.15) is 18.7 Å². The molecule has 2 aromatic rings. The van der Waals surface area contributed by atoms with Gasteiger partial charge in [0.05, 0.1) is 16.0 Å². The summed E-state index contributed by atoms with van der Waals surface area (Å²) in [5.74, 6) is 1.01. The number of para-hydroxylation sites is 2. The summed E-state index contributed by atoms with van der Waals surface area (Å²) in [7, 11) is 1.78. The maximum Gasteiger partial charge on any atom is 0.224 e. The molecule has 0 saturated carbocycles. The first kappa shape index (κ1) is 15.4. The molecule has 0 spiro atoms. The number of hydrogen-bond acceptors (Lipinski definition) is 3. The third-order valence-electron chi connectivity index (χ3n) is 3.51. The fourth-order valence-electron chi connectivity index (χ4n) is 2.28. The quantitative estimate of drug-likeness (QED) is 0.828. The number of fused-ring (bicyclic) bond motifs is 1. The van der Waals surface area contributed by atoms with Crippen molar-refractivity contribution in [2.24, 2.45) is 5.73 Å². The van der Waals surface area contributed by atoms with Gasteiger partial charge in [-0.15, -0.1) is 0 Å². The van der Waals surface area contributed by atoms with Crippen LogP contribution in [0.4, 0.5) is 0 Å². The Hall–Kier alpha value is -1.95. The van der Waals surface area contributed by atoms with Crippen LogP contribution in [-0.4, -0.2) is 38.9 Å². The van der Waals surface area contributed by atoms with Crippen LogP contribution in [0.5, 0.6) is 0 Å². The zero-order chi connectivity index (χ0) is 15.4. The predicted octanol–water partition coefficient (Wildman–Crippen LogP) is 1.87. The molecule has 0 aliphatic carbocycles. The topological polar surface area (TPSA) is 64.2 Å². The van der Waals surface area contributed by atoms with Gasteiger partial charge in [0.15, 0.2) is 0 Å². The lowest BCUT2D eigenvalue weighted by atomic mass is 10.3. The minimum Gasteiger partial charge on any atom is -0.393 e. The number of nitrogens with zero attached hydrogens (tertiary/aromatic N) is 3. The first-order chi connectivity index (χ1) is 9.99. The molecule has 0 saturated heterocycles. The van der Waals surface area contributed by atoms with E-state index in [9.17, 15) is 4.79 Å². The minimum atomic E-state index is 0.0865. The Kier molecular flexibility index (Phi) is 4.90. The van der Waals surface area contributed by atoms with Crippen LogP contribution in [0.3, 0.4) is 0 Å². The number of aromatic nitrogens is 2. The van der Waals surface area contributed by atoms with Gasteiger partial charge >= 0.3 is 0 Å². The zero-order valence-corrected chi connectivity index (χ0v) is 13.2. The molecular weight excluding hydrogens is 284 g/mol. The van der Waals surface area contributed by atoms with Gasteiger partial charge in [0, 0.05) is 33.0 Å². The van der Waals surface area contributed by atoms with E-state index < -0.39 is 0 Å². The highest BCUT2D eigenvalue weighted by Crippen LogP contribution is 2.16. The van der Waals surface area contributed by atoms with Crippen molar-refractivity contribution in [3.8, 4) is 0 Å². The van der Waals surface area contributed by atoms with Crippen LogP contribution < -0.4 is 5.73 Å². The Morgan fingerprint density at radius 1 is 1.38 bits per heavy atom. The molecule has 1 heterocycles. The van der Waals surface area contributed by atoms with Gasteiger partial charge in [0.2, 0.25) is 5.91 Å². The van der Waals surface area contributed by atoms with E-state index >= 15 is 0 Å². The standard InChI is InChI=1S/C15H20N4OS/c1-11-17-12-5-3-4-6-13(12)19(11)10-8-15(20)18(2)9-7-14(16)21/h3-6H,7-10H2,1-2H3,(H2,16,21). The molecule has 2 N–H and O–H groups in total. The molecule has 1 aromatic heterocycles. The number of benzene rings is 1. The molecule has 0 bridgehead atoms. The number of carbonyl (C=O) groups excluding carboxylic acids is 1. The van der Waals surface area contributed by atoms with E-state index in [1.54, 1.807) is 11.9 Å². The number of carbonyl (C=O) groups is 1. The number of amides is 1. The van der Waals surface area contributed by atoms with Gasteiger partial charge in [-0.05, 0) is 19.1 Å². The maximum atomic E-state index is 12.1. The lowest BCUT2D eigenvalue weighted by molar-refractivity contribution is -0.130. The van der Waals surface area contributed by atoms with E-state index in [1.165, 1.54) is 0 Å². The highest BCUT2D eigenvalue weighted by atomic mass is 32.1. The zero-order valence-electron chi connectivity index (χ0n) is 12.4. The molecule has 0 atom stereocenters. The van der Waals surface area contributed by atoms with Crippen molar-refractivity contribution in [3.63, 3.8) is 0 Å². The summed E-state index contributed by atoms with van der Waals surface area (Å²) in [5, 5.41) is 0. The molecule has 2 rings (SSSR count). The molecule has 0 radical (unpaired) electrons. The SMILES string of the molecule is Cc1nc2ccccc2n1CCC(=O)N(C)CCC(N)=S. The second-order valence-corrected chi connectivity index (χ2v) is 5.61. The van der Waals surface area contributed by atoms with Gasteiger partial charge in [0.25, 0.3) is 0 Å². The molecular formula is C15H20N4OS. The van der Waals surface area contributed by atoms with E-state index in [0.29, 0.717) is 30.9 Å². The van der Waals surface area contributed by atoms with Gasteiger partial charge in [-0.25, -0.2) is 4.98 Å². The van der Waals surface area contributed by atoms with Gasteiger partial charge in [-0.3, -0.25) is 4.79 Å². The number of thiocarbonyl (C=S) groups is 1. The Balaban J connectivity index is 2.00. The van der Waals surface area contributed by atoms with Crippen LogP contribution in [0.25, 0.3) is 11.0 Å². The van der Waals surface area contributed by atoms with E-state index in [4.69, 9.17) is 18.0 Å². The number of rotatable bonds is 6. The largest absolute Gasteiger partial charge is 0.393 e. The van der Waals surface area contributed by atoms with Gasteiger partial charge in [-0.2, -0.15) is 0 Å². The highest BCUT2D eigenvalue weighted by Gasteiger charge is 2.12. The fourth-order valence-corrected chi connectivity index (χ4v) is 2.37. The molecule has 0 fully saturated rings. The van der Waals surface area contributed by atoms with Crippen molar-refractivity contribution in [2.45, 2.75) is 26.3 Å². The summed E-state index contributed by atoms with van der Waals surface area (Å²) >= 11 is 4.83. The fraction of sp³-hybridized carbons (Fsp3) is 0.400. The second kappa shape index (κ2) is 6.67. The van der Waals surface area contributed by atoms with Crippen LogP contribution in [-0.2, 0) is 11.3 Å². The van der Waals surface area contributed by atoms with Gasteiger partial charge in [-0.1, -0.05) is 24.4 Å². The second-order valence-electron chi connectivity index (χ2n) is 5.08. The average molecular weight is 304 g/mol. The van der Waals surface area contributed by atoms with Gasteiger partial charge in [0.1, 0.15) is 5.82 Å². The summed E-state index contributed by atoms with van der Waals surface area (Å²) in [4.78, 5) is 18.7. The molecule has 1 amide bonds. The molecule has 112 valence electrons. The molecule has 0 aliphatic heterocycles. The van der Waals surface area contributed by atoms with Crippen molar-refractivity contribution in [2.75, 3.05) is 13.6 Å². The van der Waals surface area contributed by atoms with Crippen molar-refractivity contribution in [3.05, 3.63) is 30.1 Å². The molecule has 0 unspecified atom stereocenters. The van der Waals surface area contributed by atoms with Crippen LogP contribution in [0.15, 0.2) is 24.3 Å². The Labute approximate surface area is 129 Å². The minimum absolute atomic E-state index is 0.0865. The number of aryl methyl sites for hydroxylation is 2. The van der Waals surface area contributed by atoms with Crippen molar-refractivity contribution in [1.82, 2.24) is 14.5 Å². The number of hydrogen-bond donors (Lipinski definition) is 1. The smallest absolute Gasteiger partial charge is 0.224 e. The maximum absolute atomic E-state index is 12.1. The lowest BCUT2D eigenvalue weighted by Crippen LogP contribution is -2.30. The molecule has 21 heavy (non-hydrogen) atoms. The van der Waals surface area contributed by atoms with Crippen molar-refractivity contribution < 1.29 is 4.79 Å². The summed E-state index contributed by atoms with van der Waals surface area (Å²) in [6.45, 7) is 3.15. The van der Waals surface area contributed by atoms with Crippen LogP contribution >= 0.6 is 12.2 Å². The Bertz CT molecular complexity index is 665. The van der Waals surface area contributed by atoms with Crippen LogP contribution in [0, 0.1) is 6.92 Å². The normalized spacial score (nSPS) is 10.8. The van der Waals surface area contributed by atoms with Crippen molar-refractivity contribution >= 4 is 34.1 Å². The van der Waals surface area contributed by atoms with Crippen molar-refractivity contribution in [1.29, 1.82) is 0 Å². The number of nitrogens with two attached hydrogens (primary N) is 1.